The zero-order valence-electron chi connectivity index (χ0n) is 15.9. The van der Waals surface area contributed by atoms with E-state index >= 15 is 0 Å². The van der Waals surface area contributed by atoms with E-state index in [4.69, 9.17) is 0 Å². The smallest absolute Gasteiger partial charge is 0.323 e. The van der Waals surface area contributed by atoms with Gasteiger partial charge in [-0.25, -0.2) is 4.79 Å². The molecule has 0 unspecified atom stereocenters. The molecule has 0 saturated heterocycles. The number of carbonyl (C=O) groups is 1. The summed E-state index contributed by atoms with van der Waals surface area (Å²) in [6.07, 6.45) is 0. The highest BCUT2D eigenvalue weighted by molar-refractivity contribution is 5.99. The van der Waals surface area contributed by atoms with Gasteiger partial charge in [-0.2, -0.15) is 0 Å². The molecule has 2 rings (SSSR count). The maximum absolute atomic E-state index is 12.2. The summed E-state index contributed by atoms with van der Waals surface area (Å²) in [6.45, 7) is 12.7. The first-order valence-corrected chi connectivity index (χ1v) is 8.87. The minimum Gasteiger partial charge on any atom is -0.372 e. The monoisotopic (exact) mass is 339 g/mol. The van der Waals surface area contributed by atoms with Crippen LogP contribution in [-0.4, -0.2) is 19.1 Å². The zero-order chi connectivity index (χ0) is 18.4. The van der Waals surface area contributed by atoms with E-state index < -0.39 is 0 Å². The van der Waals surface area contributed by atoms with Crippen LogP contribution in [-0.2, 0) is 5.41 Å². The molecule has 0 atom stereocenters. The highest BCUT2D eigenvalue weighted by Gasteiger charge is 2.13. The lowest BCUT2D eigenvalue weighted by atomic mass is 9.87. The van der Waals surface area contributed by atoms with Crippen LogP contribution in [0.15, 0.2) is 48.5 Å². The minimum absolute atomic E-state index is 0.105. The molecule has 0 heterocycles. The van der Waals surface area contributed by atoms with Gasteiger partial charge in [-0.05, 0) is 61.2 Å². The molecule has 0 aromatic heterocycles. The highest BCUT2D eigenvalue weighted by Crippen LogP contribution is 2.23. The molecular formula is C21H29N3O. The molecular weight excluding hydrogens is 310 g/mol. The van der Waals surface area contributed by atoms with Crippen molar-refractivity contribution in [1.29, 1.82) is 0 Å². The van der Waals surface area contributed by atoms with Crippen LogP contribution in [0, 0.1) is 0 Å². The molecule has 4 heteroatoms. The van der Waals surface area contributed by atoms with Gasteiger partial charge in [0.05, 0.1) is 0 Å². The quantitative estimate of drug-likeness (QED) is 0.758. The minimum atomic E-state index is -0.237. The van der Waals surface area contributed by atoms with Crippen molar-refractivity contribution in [1.82, 2.24) is 0 Å². The van der Waals surface area contributed by atoms with Gasteiger partial charge in [0.25, 0.3) is 0 Å². The lowest BCUT2D eigenvalue weighted by Crippen LogP contribution is -2.22. The van der Waals surface area contributed by atoms with Crippen molar-refractivity contribution in [2.45, 2.75) is 40.0 Å². The normalized spacial score (nSPS) is 11.1. The number of benzene rings is 2. The number of nitrogens with one attached hydrogen (secondary N) is 2. The van der Waals surface area contributed by atoms with E-state index in [1.54, 1.807) is 0 Å². The van der Waals surface area contributed by atoms with E-state index in [1.807, 2.05) is 36.4 Å². The summed E-state index contributed by atoms with van der Waals surface area (Å²) in [5.74, 6) is 0. The second-order valence-electron chi connectivity index (χ2n) is 7.13. The molecule has 4 nitrogen and oxygen atoms in total. The Labute approximate surface area is 151 Å². The van der Waals surface area contributed by atoms with E-state index in [-0.39, 0.29) is 11.4 Å². The molecule has 0 radical (unpaired) electrons. The van der Waals surface area contributed by atoms with Gasteiger partial charge in [0.15, 0.2) is 0 Å². The van der Waals surface area contributed by atoms with Crippen molar-refractivity contribution < 1.29 is 4.79 Å². The first-order valence-electron chi connectivity index (χ1n) is 8.87. The van der Waals surface area contributed by atoms with Crippen molar-refractivity contribution in [2.24, 2.45) is 0 Å². The van der Waals surface area contributed by atoms with E-state index in [0.29, 0.717) is 0 Å². The fraction of sp³-hybridized carbons (Fsp3) is 0.381. The SMILES string of the molecule is CCN(CC)c1ccc(NC(=O)Nc2ccc(C(C)(C)C)cc2)cc1. The third-order valence-electron chi connectivity index (χ3n) is 4.26. The summed E-state index contributed by atoms with van der Waals surface area (Å²) in [4.78, 5) is 14.4. The summed E-state index contributed by atoms with van der Waals surface area (Å²) in [6, 6.07) is 15.6. The fourth-order valence-corrected chi connectivity index (χ4v) is 2.69. The van der Waals surface area contributed by atoms with E-state index in [2.05, 4.69) is 62.3 Å². The standard InChI is InChI=1S/C21H29N3O/c1-6-24(7-2)19-14-12-18(13-15-19)23-20(25)22-17-10-8-16(9-11-17)21(3,4)5/h8-15H,6-7H2,1-5H3,(H2,22,23,25). The highest BCUT2D eigenvalue weighted by atomic mass is 16.2. The van der Waals surface area contributed by atoms with Gasteiger partial charge in [-0.3, -0.25) is 0 Å². The predicted octanol–water partition coefficient (Wildman–Crippen LogP) is 5.47. The van der Waals surface area contributed by atoms with Crippen LogP contribution >= 0.6 is 0 Å². The van der Waals surface area contributed by atoms with Crippen molar-refractivity contribution in [2.75, 3.05) is 28.6 Å². The van der Waals surface area contributed by atoms with Crippen molar-refractivity contribution in [3.63, 3.8) is 0 Å². The maximum atomic E-state index is 12.2. The second-order valence-corrected chi connectivity index (χ2v) is 7.13. The van der Waals surface area contributed by atoms with Gasteiger partial charge >= 0.3 is 6.03 Å². The van der Waals surface area contributed by atoms with Crippen LogP contribution in [0.1, 0.15) is 40.2 Å². The number of amides is 2. The molecule has 25 heavy (non-hydrogen) atoms. The van der Waals surface area contributed by atoms with Gasteiger partial charge in [0.1, 0.15) is 0 Å². The zero-order valence-corrected chi connectivity index (χ0v) is 15.9. The summed E-state index contributed by atoms with van der Waals surface area (Å²) in [7, 11) is 0. The van der Waals surface area contributed by atoms with E-state index in [1.165, 1.54) is 5.56 Å². The Bertz CT molecular complexity index is 681. The average molecular weight is 339 g/mol. The summed E-state index contributed by atoms with van der Waals surface area (Å²) in [5, 5.41) is 5.74. The number of carbonyl (C=O) groups excluding carboxylic acids is 1. The first kappa shape index (κ1) is 18.8. The summed E-state index contributed by atoms with van der Waals surface area (Å²) < 4.78 is 0. The van der Waals surface area contributed by atoms with Crippen molar-refractivity contribution >= 4 is 23.1 Å². The summed E-state index contributed by atoms with van der Waals surface area (Å²) >= 11 is 0. The molecule has 0 aliphatic heterocycles. The third-order valence-corrected chi connectivity index (χ3v) is 4.26. The average Bonchev–Trinajstić information content (AvgIpc) is 2.57. The van der Waals surface area contributed by atoms with Crippen LogP contribution in [0.5, 0.6) is 0 Å². The molecule has 2 aromatic carbocycles. The molecule has 2 N–H and O–H groups in total. The molecule has 2 aromatic rings. The van der Waals surface area contributed by atoms with E-state index in [0.717, 1.165) is 30.2 Å². The number of hydrogen-bond acceptors (Lipinski definition) is 2. The molecule has 2 amide bonds. The molecule has 134 valence electrons. The lowest BCUT2D eigenvalue weighted by Gasteiger charge is -2.21. The Balaban J connectivity index is 1.96. The largest absolute Gasteiger partial charge is 0.372 e. The Morgan fingerprint density at radius 2 is 1.28 bits per heavy atom. The van der Waals surface area contributed by atoms with Gasteiger partial charge in [0, 0.05) is 30.2 Å². The maximum Gasteiger partial charge on any atom is 0.323 e. The van der Waals surface area contributed by atoms with Gasteiger partial charge in [-0.1, -0.05) is 32.9 Å². The van der Waals surface area contributed by atoms with Crippen molar-refractivity contribution in [3.05, 3.63) is 54.1 Å². The molecule has 0 fully saturated rings. The molecule has 0 aliphatic carbocycles. The number of hydrogen-bond donors (Lipinski definition) is 2. The first-order chi connectivity index (χ1) is 11.8. The van der Waals surface area contributed by atoms with Crippen LogP contribution in [0.4, 0.5) is 21.9 Å². The fourth-order valence-electron chi connectivity index (χ4n) is 2.69. The van der Waals surface area contributed by atoms with Crippen LogP contribution in [0.25, 0.3) is 0 Å². The molecule has 0 aliphatic rings. The van der Waals surface area contributed by atoms with Gasteiger partial charge in [0.2, 0.25) is 0 Å². The van der Waals surface area contributed by atoms with Crippen molar-refractivity contribution in [3.8, 4) is 0 Å². The molecule has 0 bridgehead atoms. The second kappa shape index (κ2) is 8.06. The Morgan fingerprint density at radius 3 is 1.68 bits per heavy atom. The number of nitrogens with zero attached hydrogens (tertiary/aromatic N) is 1. The van der Waals surface area contributed by atoms with Crippen LogP contribution in [0.2, 0.25) is 0 Å². The molecule has 0 saturated carbocycles. The lowest BCUT2D eigenvalue weighted by molar-refractivity contribution is 0.262. The Morgan fingerprint density at radius 1 is 0.840 bits per heavy atom. The predicted molar refractivity (Wildman–Crippen MR) is 108 cm³/mol. The molecule has 0 spiro atoms. The van der Waals surface area contributed by atoms with Crippen LogP contribution in [0.3, 0.4) is 0 Å². The van der Waals surface area contributed by atoms with Crippen LogP contribution < -0.4 is 15.5 Å². The number of anilines is 3. The Kier molecular flexibility index (Phi) is 6.07. The van der Waals surface area contributed by atoms with Gasteiger partial charge in [-0.15, -0.1) is 0 Å². The number of urea groups is 1. The number of rotatable bonds is 5. The third kappa shape index (κ3) is 5.24. The van der Waals surface area contributed by atoms with Gasteiger partial charge < -0.3 is 15.5 Å². The summed E-state index contributed by atoms with van der Waals surface area (Å²) in [5.41, 5.74) is 4.07. The van der Waals surface area contributed by atoms with E-state index in [9.17, 15) is 4.79 Å². The topological polar surface area (TPSA) is 44.4 Å². The Hall–Kier alpha value is -2.49.